The Kier molecular flexibility index (Phi) is 5.00. The van der Waals surface area contributed by atoms with Gasteiger partial charge in [0, 0.05) is 31.9 Å². The molecule has 0 aliphatic rings. The minimum absolute atomic E-state index is 0.0410. The first kappa shape index (κ1) is 18.7. The number of amides is 1. The molecule has 7 nitrogen and oxygen atoms in total. The van der Waals surface area contributed by atoms with Crippen LogP contribution in [0, 0.1) is 6.92 Å². The number of hydrogen-bond donors (Lipinski definition) is 1. The molecule has 0 fully saturated rings. The van der Waals surface area contributed by atoms with E-state index in [9.17, 15) is 13.2 Å². The van der Waals surface area contributed by atoms with Gasteiger partial charge in [0.05, 0.1) is 10.6 Å². The van der Waals surface area contributed by atoms with Crippen LogP contribution in [-0.2, 0) is 17.1 Å². The van der Waals surface area contributed by atoms with E-state index < -0.39 is 15.9 Å². The van der Waals surface area contributed by atoms with E-state index in [1.54, 1.807) is 48.3 Å². The van der Waals surface area contributed by atoms with Gasteiger partial charge in [0.1, 0.15) is 0 Å². The molecule has 2 aromatic carbocycles. The summed E-state index contributed by atoms with van der Waals surface area (Å²) in [6.07, 6.45) is 1.70. The van der Waals surface area contributed by atoms with Gasteiger partial charge in [-0.2, -0.15) is 5.10 Å². The van der Waals surface area contributed by atoms with E-state index >= 15 is 0 Å². The van der Waals surface area contributed by atoms with Crippen molar-refractivity contribution in [1.29, 1.82) is 0 Å². The molecule has 3 rings (SSSR count). The number of sulfonamides is 1. The van der Waals surface area contributed by atoms with Crippen molar-refractivity contribution >= 4 is 27.4 Å². The second-order valence-corrected chi connectivity index (χ2v) is 8.13. The lowest BCUT2D eigenvalue weighted by atomic mass is 10.2. The largest absolute Gasteiger partial charge is 0.305 e. The highest BCUT2D eigenvalue weighted by Gasteiger charge is 2.22. The summed E-state index contributed by atoms with van der Waals surface area (Å²) in [5, 5.41) is 6.73. The fourth-order valence-corrected chi connectivity index (χ4v) is 3.76. The molecule has 0 radical (unpaired) electrons. The first-order chi connectivity index (χ1) is 12.8. The summed E-state index contributed by atoms with van der Waals surface area (Å²) >= 11 is 0. The van der Waals surface area contributed by atoms with Crippen LogP contribution in [0.25, 0.3) is 0 Å². The lowest BCUT2D eigenvalue weighted by Gasteiger charge is -2.20. The molecule has 0 spiro atoms. The number of hydrogen-bond acceptors (Lipinski definition) is 4. The highest BCUT2D eigenvalue weighted by molar-refractivity contribution is 7.92. The monoisotopic (exact) mass is 384 g/mol. The standard InChI is InChI=1S/C19H20N4O3S/c1-14-7-9-16(10-8-14)23(3)27(25,26)17-6-4-5-15(13-17)19(24)20-18-11-12-22(2)21-18/h4-13H,1-3H3,(H,20,21,24). The van der Waals surface area contributed by atoms with Gasteiger partial charge in [0.15, 0.2) is 5.82 Å². The topological polar surface area (TPSA) is 84.3 Å². The van der Waals surface area contributed by atoms with Crippen LogP contribution < -0.4 is 9.62 Å². The Morgan fingerprint density at radius 1 is 1.11 bits per heavy atom. The first-order valence-electron chi connectivity index (χ1n) is 8.24. The Balaban J connectivity index is 1.87. The molecule has 27 heavy (non-hydrogen) atoms. The second-order valence-electron chi connectivity index (χ2n) is 6.16. The summed E-state index contributed by atoms with van der Waals surface area (Å²) in [5.74, 6) is -0.0312. The van der Waals surface area contributed by atoms with Gasteiger partial charge in [0.2, 0.25) is 0 Å². The number of benzene rings is 2. The van der Waals surface area contributed by atoms with Crippen LogP contribution in [0.3, 0.4) is 0 Å². The van der Waals surface area contributed by atoms with Crippen molar-refractivity contribution in [3.8, 4) is 0 Å². The summed E-state index contributed by atoms with van der Waals surface area (Å²) in [6, 6.07) is 14.8. The molecule has 8 heteroatoms. The van der Waals surface area contributed by atoms with Crippen LogP contribution in [0.15, 0.2) is 65.7 Å². The zero-order valence-electron chi connectivity index (χ0n) is 15.2. The summed E-state index contributed by atoms with van der Waals surface area (Å²) in [5.41, 5.74) is 1.82. The minimum Gasteiger partial charge on any atom is -0.305 e. The molecule has 0 unspecified atom stereocenters. The van der Waals surface area contributed by atoms with E-state index in [0.717, 1.165) is 5.56 Å². The van der Waals surface area contributed by atoms with E-state index in [1.165, 1.54) is 23.5 Å². The number of rotatable bonds is 5. The van der Waals surface area contributed by atoms with Crippen LogP contribution >= 0.6 is 0 Å². The summed E-state index contributed by atoms with van der Waals surface area (Å²) in [6.45, 7) is 1.93. The normalized spacial score (nSPS) is 11.2. The molecule has 1 amide bonds. The van der Waals surface area contributed by atoms with Crippen LogP contribution in [0.1, 0.15) is 15.9 Å². The first-order valence-corrected chi connectivity index (χ1v) is 9.68. The molecule has 1 heterocycles. The van der Waals surface area contributed by atoms with Gasteiger partial charge in [-0.3, -0.25) is 13.8 Å². The predicted octanol–water partition coefficient (Wildman–Crippen LogP) is 2.81. The SMILES string of the molecule is Cc1ccc(N(C)S(=O)(=O)c2cccc(C(=O)Nc3ccn(C)n3)c2)cc1. The van der Waals surface area contributed by atoms with Gasteiger partial charge in [-0.05, 0) is 37.3 Å². The highest BCUT2D eigenvalue weighted by atomic mass is 32.2. The predicted molar refractivity (Wildman–Crippen MR) is 104 cm³/mol. The Labute approximate surface area is 158 Å². The third-order valence-corrected chi connectivity index (χ3v) is 5.89. The van der Waals surface area contributed by atoms with Crippen molar-refractivity contribution in [3.05, 3.63) is 71.9 Å². The number of aromatic nitrogens is 2. The van der Waals surface area contributed by atoms with Crippen LogP contribution in [-0.4, -0.2) is 31.2 Å². The van der Waals surface area contributed by atoms with Crippen molar-refractivity contribution in [2.75, 3.05) is 16.7 Å². The number of aryl methyl sites for hydroxylation is 2. The van der Waals surface area contributed by atoms with Gasteiger partial charge in [-0.15, -0.1) is 0 Å². The van der Waals surface area contributed by atoms with Gasteiger partial charge >= 0.3 is 0 Å². The minimum atomic E-state index is -3.80. The summed E-state index contributed by atoms with van der Waals surface area (Å²) in [4.78, 5) is 12.5. The van der Waals surface area contributed by atoms with Crippen molar-refractivity contribution < 1.29 is 13.2 Å². The fraction of sp³-hybridized carbons (Fsp3) is 0.158. The lowest BCUT2D eigenvalue weighted by Crippen LogP contribution is -2.26. The molecule has 0 aliphatic carbocycles. The van der Waals surface area contributed by atoms with Crippen molar-refractivity contribution in [2.45, 2.75) is 11.8 Å². The number of anilines is 2. The third-order valence-electron chi connectivity index (χ3n) is 4.11. The van der Waals surface area contributed by atoms with Crippen LogP contribution in [0.2, 0.25) is 0 Å². The second kappa shape index (κ2) is 7.24. The molecule has 1 N–H and O–H groups in total. The molecule has 0 atom stereocenters. The molecule has 1 aromatic heterocycles. The quantitative estimate of drug-likeness (QED) is 0.733. The Morgan fingerprint density at radius 2 is 1.81 bits per heavy atom. The number of carbonyl (C=O) groups is 1. The number of nitrogens with zero attached hydrogens (tertiary/aromatic N) is 3. The van der Waals surface area contributed by atoms with Crippen molar-refractivity contribution in [1.82, 2.24) is 9.78 Å². The summed E-state index contributed by atoms with van der Waals surface area (Å²) < 4.78 is 28.6. The smallest absolute Gasteiger partial charge is 0.264 e. The maximum atomic E-state index is 12.9. The van der Waals surface area contributed by atoms with Crippen molar-refractivity contribution in [2.24, 2.45) is 7.05 Å². The Bertz CT molecular complexity index is 1070. The van der Waals surface area contributed by atoms with Crippen LogP contribution in [0.4, 0.5) is 11.5 Å². The molecule has 0 aliphatic heterocycles. The van der Waals surface area contributed by atoms with E-state index in [0.29, 0.717) is 11.5 Å². The number of carbonyl (C=O) groups excluding carboxylic acids is 1. The van der Waals surface area contributed by atoms with Crippen molar-refractivity contribution in [3.63, 3.8) is 0 Å². The van der Waals surface area contributed by atoms with Gasteiger partial charge < -0.3 is 5.32 Å². The van der Waals surface area contributed by atoms with E-state index in [1.807, 2.05) is 19.1 Å². The zero-order chi connectivity index (χ0) is 19.6. The maximum Gasteiger partial charge on any atom is 0.264 e. The van der Waals surface area contributed by atoms with Gasteiger partial charge in [0.25, 0.3) is 15.9 Å². The molecule has 3 aromatic rings. The molecular formula is C19H20N4O3S. The number of nitrogens with one attached hydrogen (secondary N) is 1. The molecule has 0 saturated carbocycles. The lowest BCUT2D eigenvalue weighted by molar-refractivity contribution is 0.102. The zero-order valence-corrected chi connectivity index (χ0v) is 16.1. The average molecular weight is 384 g/mol. The highest BCUT2D eigenvalue weighted by Crippen LogP contribution is 2.23. The van der Waals surface area contributed by atoms with E-state index in [2.05, 4.69) is 10.4 Å². The fourth-order valence-electron chi connectivity index (χ4n) is 2.52. The Morgan fingerprint density at radius 3 is 2.44 bits per heavy atom. The van der Waals surface area contributed by atoms with Gasteiger partial charge in [-0.25, -0.2) is 8.42 Å². The summed E-state index contributed by atoms with van der Waals surface area (Å²) in [7, 11) is -0.569. The molecular weight excluding hydrogens is 364 g/mol. The van der Waals surface area contributed by atoms with Crippen LogP contribution in [0.5, 0.6) is 0 Å². The molecule has 140 valence electrons. The maximum absolute atomic E-state index is 12.9. The van der Waals surface area contributed by atoms with Gasteiger partial charge in [-0.1, -0.05) is 23.8 Å². The van der Waals surface area contributed by atoms with E-state index in [4.69, 9.17) is 0 Å². The molecule has 0 saturated heterocycles. The third kappa shape index (κ3) is 4.01. The van der Waals surface area contributed by atoms with E-state index in [-0.39, 0.29) is 10.5 Å². The average Bonchev–Trinajstić information content (AvgIpc) is 3.06. The molecule has 0 bridgehead atoms. The Hall–Kier alpha value is -3.13.